The van der Waals surface area contributed by atoms with Crippen LogP contribution < -0.4 is 10.6 Å². The molecule has 0 radical (unpaired) electrons. The number of amides is 2. The van der Waals surface area contributed by atoms with Crippen molar-refractivity contribution in [2.75, 3.05) is 25.5 Å². The number of carbonyl (C=O) groups is 3. The first-order valence-electron chi connectivity index (χ1n) is 16.0. The number of fused-ring (bicyclic) bond motifs is 1. The van der Waals surface area contributed by atoms with Gasteiger partial charge in [0.2, 0.25) is 5.91 Å². The molecule has 0 unspecified atom stereocenters. The highest BCUT2D eigenvalue weighted by Gasteiger charge is 2.42. The van der Waals surface area contributed by atoms with Crippen LogP contribution in [0.5, 0.6) is 0 Å². The van der Waals surface area contributed by atoms with Gasteiger partial charge in [0.1, 0.15) is 5.54 Å². The Morgan fingerprint density at radius 2 is 1.70 bits per heavy atom. The minimum atomic E-state index is -1.08. The molecule has 3 heterocycles. The number of carboxylic acid groups (broad SMARTS) is 1. The molecule has 6 rings (SSSR count). The lowest BCUT2D eigenvalue weighted by Crippen LogP contribution is -2.61. The Kier molecular flexibility index (Phi) is 8.77. The third-order valence-corrected chi connectivity index (χ3v) is 9.61. The van der Waals surface area contributed by atoms with Crippen LogP contribution in [0.1, 0.15) is 71.6 Å². The fraction of sp³-hybridized carbons (Fsp3) is 0.351. The molecule has 238 valence electrons. The summed E-state index contributed by atoms with van der Waals surface area (Å²) in [5.74, 6) is -1.12. The van der Waals surface area contributed by atoms with E-state index in [0.29, 0.717) is 48.7 Å². The van der Waals surface area contributed by atoms with Gasteiger partial charge in [-0.1, -0.05) is 37.1 Å². The summed E-state index contributed by atoms with van der Waals surface area (Å²) >= 11 is 0. The van der Waals surface area contributed by atoms with Gasteiger partial charge in [-0.3, -0.25) is 14.6 Å². The predicted octanol–water partition coefficient (Wildman–Crippen LogP) is 6.14. The van der Waals surface area contributed by atoms with E-state index in [1.807, 2.05) is 38.2 Å². The zero-order valence-corrected chi connectivity index (χ0v) is 26.7. The van der Waals surface area contributed by atoms with Crippen molar-refractivity contribution < 1.29 is 19.5 Å². The Morgan fingerprint density at radius 3 is 2.37 bits per heavy atom. The van der Waals surface area contributed by atoms with Crippen LogP contribution >= 0.6 is 0 Å². The summed E-state index contributed by atoms with van der Waals surface area (Å²) in [5.41, 5.74) is 6.02. The number of anilines is 1. The first-order chi connectivity index (χ1) is 22.1. The topological polar surface area (TPSA) is 117 Å². The summed E-state index contributed by atoms with van der Waals surface area (Å²) < 4.78 is 2.18. The quantitative estimate of drug-likeness (QED) is 0.204. The number of carbonyl (C=O) groups excluding carboxylic acids is 2. The van der Waals surface area contributed by atoms with E-state index in [0.717, 1.165) is 46.9 Å². The van der Waals surface area contributed by atoms with Crippen molar-refractivity contribution in [3.05, 3.63) is 89.1 Å². The number of benzene rings is 2. The Hall–Kier alpha value is -4.76. The number of hydrogen-bond donors (Lipinski definition) is 3. The average Bonchev–Trinajstić information content (AvgIpc) is 3.68. The van der Waals surface area contributed by atoms with Crippen LogP contribution in [-0.4, -0.2) is 63.0 Å². The standard InChI is InChI=1S/C37H41N5O4/c1-24-7-6-10-30(38-24)34-33(26-8-4-5-9-26)29-17-14-27(23-31(29)42(34)3)35(45)40-37(19-21-41(2)22-20-37)36(46)39-28-15-11-25(12-16-28)13-18-32(43)44/h6-7,10-18,23,26H,4-5,8-9,19-22H2,1-3H3,(H,39,46)(H,40,45)(H,43,44)/b18-13+. The van der Waals surface area contributed by atoms with Crippen LogP contribution in [0.4, 0.5) is 5.69 Å². The highest BCUT2D eigenvalue weighted by Crippen LogP contribution is 2.44. The zero-order chi connectivity index (χ0) is 32.4. The molecule has 4 aromatic rings. The van der Waals surface area contributed by atoms with Crippen molar-refractivity contribution in [2.45, 2.75) is 56.9 Å². The number of hydrogen-bond acceptors (Lipinski definition) is 5. The number of carboxylic acids is 1. The number of piperidine rings is 1. The van der Waals surface area contributed by atoms with E-state index in [9.17, 15) is 14.4 Å². The fourth-order valence-corrected chi connectivity index (χ4v) is 7.01. The van der Waals surface area contributed by atoms with Gasteiger partial charge in [-0.15, -0.1) is 0 Å². The number of rotatable bonds is 8. The van der Waals surface area contributed by atoms with E-state index in [1.54, 1.807) is 24.3 Å². The van der Waals surface area contributed by atoms with Gasteiger partial charge in [-0.25, -0.2) is 4.79 Å². The minimum Gasteiger partial charge on any atom is -0.478 e. The zero-order valence-electron chi connectivity index (χ0n) is 26.7. The monoisotopic (exact) mass is 619 g/mol. The smallest absolute Gasteiger partial charge is 0.328 e. The first-order valence-corrected chi connectivity index (χ1v) is 16.0. The van der Waals surface area contributed by atoms with Crippen LogP contribution in [0.2, 0.25) is 0 Å². The Morgan fingerprint density at radius 1 is 0.978 bits per heavy atom. The van der Waals surface area contributed by atoms with Gasteiger partial charge in [0.25, 0.3) is 5.91 Å². The van der Waals surface area contributed by atoms with Gasteiger partial charge >= 0.3 is 5.97 Å². The summed E-state index contributed by atoms with van der Waals surface area (Å²) in [6.45, 7) is 3.34. The van der Waals surface area contributed by atoms with Gasteiger partial charge in [0, 0.05) is 54.1 Å². The largest absolute Gasteiger partial charge is 0.478 e. The summed E-state index contributed by atoms with van der Waals surface area (Å²) in [7, 11) is 4.06. The SMILES string of the molecule is Cc1cccc(-c2c(C3CCCC3)c3ccc(C(=O)NC4(C(=O)Nc5ccc(/C=C/C(=O)O)cc5)CCN(C)CC4)cc3n2C)n1. The number of likely N-dealkylation sites (tertiary alicyclic amines) is 1. The fourth-order valence-electron chi connectivity index (χ4n) is 7.01. The number of nitrogens with one attached hydrogen (secondary N) is 2. The number of aromatic nitrogens is 2. The number of aliphatic carboxylic acids is 1. The summed E-state index contributed by atoms with van der Waals surface area (Å²) in [5, 5.41) is 16.2. The molecule has 0 atom stereocenters. The van der Waals surface area contributed by atoms with Gasteiger partial charge < -0.3 is 25.2 Å². The maximum absolute atomic E-state index is 14.0. The number of pyridine rings is 1. The van der Waals surface area contributed by atoms with E-state index in [1.165, 1.54) is 24.5 Å². The Bertz CT molecular complexity index is 1810. The Labute approximate surface area is 269 Å². The number of nitrogens with zero attached hydrogens (tertiary/aromatic N) is 3. The third-order valence-electron chi connectivity index (χ3n) is 9.61. The summed E-state index contributed by atoms with van der Waals surface area (Å²) in [6.07, 6.45) is 8.24. The van der Waals surface area contributed by atoms with E-state index in [-0.39, 0.29) is 11.8 Å². The second-order valence-electron chi connectivity index (χ2n) is 12.8. The van der Waals surface area contributed by atoms with Crippen molar-refractivity contribution in [3.8, 4) is 11.4 Å². The molecule has 1 saturated heterocycles. The van der Waals surface area contributed by atoms with Crippen LogP contribution in [0.25, 0.3) is 28.4 Å². The highest BCUT2D eigenvalue weighted by molar-refractivity contribution is 6.05. The molecule has 9 heteroatoms. The van der Waals surface area contributed by atoms with Crippen LogP contribution in [0, 0.1) is 6.92 Å². The van der Waals surface area contributed by atoms with Crippen molar-refractivity contribution in [2.24, 2.45) is 7.05 Å². The normalized spacial score (nSPS) is 17.0. The second kappa shape index (κ2) is 12.9. The second-order valence-corrected chi connectivity index (χ2v) is 12.8. The van der Waals surface area contributed by atoms with Gasteiger partial charge in [0.05, 0.1) is 11.4 Å². The van der Waals surface area contributed by atoms with Crippen molar-refractivity contribution >= 4 is 40.4 Å². The molecule has 0 spiro atoms. The molecule has 1 aliphatic heterocycles. The molecule has 9 nitrogen and oxygen atoms in total. The molecular weight excluding hydrogens is 578 g/mol. The minimum absolute atomic E-state index is 0.265. The molecule has 2 aromatic heterocycles. The van der Waals surface area contributed by atoms with Crippen molar-refractivity contribution in [3.63, 3.8) is 0 Å². The molecule has 2 aromatic carbocycles. The lowest BCUT2D eigenvalue weighted by molar-refractivity contribution is -0.131. The number of aryl methyl sites for hydroxylation is 2. The van der Waals surface area contributed by atoms with Crippen molar-refractivity contribution in [1.29, 1.82) is 0 Å². The van der Waals surface area contributed by atoms with E-state index < -0.39 is 11.5 Å². The third kappa shape index (κ3) is 6.33. The molecular formula is C37H41N5O4. The van der Waals surface area contributed by atoms with Gasteiger partial charge in [-0.05, 0) is 99.2 Å². The summed E-state index contributed by atoms with van der Waals surface area (Å²) in [4.78, 5) is 45.7. The maximum atomic E-state index is 14.0. The van der Waals surface area contributed by atoms with E-state index >= 15 is 0 Å². The van der Waals surface area contributed by atoms with Crippen LogP contribution in [-0.2, 0) is 16.6 Å². The Balaban J connectivity index is 1.30. The highest BCUT2D eigenvalue weighted by atomic mass is 16.4. The first kappa shape index (κ1) is 31.2. The van der Waals surface area contributed by atoms with Gasteiger partial charge in [-0.2, -0.15) is 0 Å². The predicted molar refractivity (Wildman–Crippen MR) is 181 cm³/mol. The summed E-state index contributed by atoms with van der Waals surface area (Å²) in [6, 6.07) is 19.0. The van der Waals surface area contributed by atoms with Gasteiger partial charge in [0.15, 0.2) is 0 Å². The molecule has 0 bridgehead atoms. The van der Waals surface area contributed by atoms with Crippen LogP contribution in [0.3, 0.4) is 0 Å². The lowest BCUT2D eigenvalue weighted by Gasteiger charge is -2.40. The molecule has 1 saturated carbocycles. The molecule has 3 N–H and O–H groups in total. The lowest BCUT2D eigenvalue weighted by atomic mass is 9.86. The molecule has 1 aliphatic carbocycles. The van der Waals surface area contributed by atoms with E-state index in [4.69, 9.17) is 10.1 Å². The molecule has 2 amide bonds. The average molecular weight is 620 g/mol. The maximum Gasteiger partial charge on any atom is 0.328 e. The van der Waals surface area contributed by atoms with Crippen LogP contribution in [0.15, 0.2) is 66.7 Å². The van der Waals surface area contributed by atoms with Crippen molar-refractivity contribution in [1.82, 2.24) is 19.8 Å². The molecule has 2 fully saturated rings. The van der Waals surface area contributed by atoms with E-state index in [2.05, 4.69) is 39.3 Å². The molecule has 2 aliphatic rings. The molecule has 46 heavy (non-hydrogen) atoms.